The normalized spacial score (nSPS) is 14.0. The number of allylic oxidation sites excluding steroid dienone is 5. The fourth-order valence-corrected chi connectivity index (χ4v) is 9.95. The third-order valence-corrected chi connectivity index (χ3v) is 13.1. The van der Waals surface area contributed by atoms with E-state index < -0.39 is 0 Å². The highest BCUT2D eigenvalue weighted by Crippen LogP contribution is 2.52. The Bertz CT molecular complexity index is 3680. The molecule has 0 amide bonds. The molecule has 0 bridgehead atoms. The first-order valence-electron chi connectivity index (χ1n) is 20.9. The standard InChI is InChI=1S/C58H40O3/c1-5-35(38-16-22-50-43(28-38)44-29-39(17-23-51(44)59-50)36-12-8-6-9-13-36)33-49-34(2)56-48(58(49,3)4)21-27-55-57(56)47-32-42(20-26-54(47)61-55)41-19-25-53-46(31-41)45-30-40(18-24-52(45)60-53)37-14-10-7-11-15-37/h5-33H,1H2,2-4H3/b35-33+. The lowest BCUT2D eigenvalue weighted by atomic mass is 9.79. The molecule has 8 aromatic carbocycles. The molecule has 11 aromatic rings. The summed E-state index contributed by atoms with van der Waals surface area (Å²) in [6.45, 7) is 11.3. The maximum absolute atomic E-state index is 6.59. The van der Waals surface area contributed by atoms with Gasteiger partial charge in [0.1, 0.15) is 33.5 Å². The molecule has 12 rings (SSSR count). The van der Waals surface area contributed by atoms with Gasteiger partial charge in [0.05, 0.1) is 0 Å². The molecule has 1 aliphatic carbocycles. The van der Waals surface area contributed by atoms with Crippen molar-refractivity contribution in [2.45, 2.75) is 26.2 Å². The van der Waals surface area contributed by atoms with E-state index in [4.69, 9.17) is 13.3 Å². The lowest BCUT2D eigenvalue weighted by Crippen LogP contribution is -2.16. The van der Waals surface area contributed by atoms with Crippen LogP contribution in [0, 0.1) is 0 Å². The van der Waals surface area contributed by atoms with Crippen molar-refractivity contribution in [1.82, 2.24) is 0 Å². The highest BCUT2D eigenvalue weighted by molar-refractivity contribution is 6.14. The Kier molecular flexibility index (Phi) is 7.64. The second kappa shape index (κ2) is 13.2. The first-order chi connectivity index (χ1) is 29.8. The lowest BCUT2D eigenvalue weighted by Gasteiger charge is -2.23. The first kappa shape index (κ1) is 35.3. The summed E-state index contributed by atoms with van der Waals surface area (Å²) < 4.78 is 19.2. The molecule has 0 N–H and O–H groups in total. The quantitative estimate of drug-likeness (QED) is 0.158. The Labute approximate surface area is 353 Å². The molecule has 290 valence electrons. The zero-order valence-corrected chi connectivity index (χ0v) is 34.2. The van der Waals surface area contributed by atoms with Crippen LogP contribution in [0.15, 0.2) is 201 Å². The summed E-state index contributed by atoms with van der Waals surface area (Å²) in [7, 11) is 0. The molecule has 3 nitrogen and oxygen atoms in total. The van der Waals surface area contributed by atoms with Gasteiger partial charge in [0.2, 0.25) is 0 Å². The van der Waals surface area contributed by atoms with Crippen molar-refractivity contribution in [2.24, 2.45) is 0 Å². The van der Waals surface area contributed by atoms with E-state index in [0.29, 0.717) is 0 Å². The van der Waals surface area contributed by atoms with Crippen molar-refractivity contribution in [3.63, 3.8) is 0 Å². The molecule has 1 aliphatic rings. The van der Waals surface area contributed by atoms with Crippen molar-refractivity contribution in [1.29, 1.82) is 0 Å². The highest BCUT2D eigenvalue weighted by Gasteiger charge is 2.37. The van der Waals surface area contributed by atoms with Crippen LogP contribution in [0.5, 0.6) is 0 Å². The Balaban J connectivity index is 0.966. The van der Waals surface area contributed by atoms with Crippen LogP contribution in [-0.2, 0) is 5.41 Å². The fraction of sp³-hybridized carbons (Fsp3) is 0.0690. The first-order valence-corrected chi connectivity index (χ1v) is 20.9. The van der Waals surface area contributed by atoms with Crippen LogP contribution in [-0.4, -0.2) is 0 Å². The molecule has 0 saturated heterocycles. The predicted molar refractivity (Wildman–Crippen MR) is 255 cm³/mol. The molecule has 3 heteroatoms. The van der Waals surface area contributed by atoms with E-state index in [-0.39, 0.29) is 5.41 Å². The molecule has 0 fully saturated rings. The second-order valence-electron chi connectivity index (χ2n) is 16.9. The Morgan fingerprint density at radius 1 is 0.459 bits per heavy atom. The Hall–Kier alpha value is -7.62. The van der Waals surface area contributed by atoms with Gasteiger partial charge >= 0.3 is 0 Å². The minimum atomic E-state index is -0.258. The largest absolute Gasteiger partial charge is 0.456 e. The zero-order valence-electron chi connectivity index (χ0n) is 34.2. The van der Waals surface area contributed by atoms with Crippen LogP contribution in [0.3, 0.4) is 0 Å². The van der Waals surface area contributed by atoms with E-state index in [1.807, 2.05) is 6.08 Å². The molecule has 0 unspecified atom stereocenters. The maximum atomic E-state index is 6.59. The minimum absolute atomic E-state index is 0.258. The van der Waals surface area contributed by atoms with E-state index >= 15 is 0 Å². The van der Waals surface area contributed by atoms with Gasteiger partial charge in [-0.15, -0.1) is 0 Å². The topological polar surface area (TPSA) is 39.4 Å². The summed E-state index contributed by atoms with van der Waals surface area (Å²) in [5, 5.41) is 6.70. The number of hydrogen-bond donors (Lipinski definition) is 0. The van der Waals surface area contributed by atoms with Gasteiger partial charge in [-0.3, -0.25) is 0 Å². The van der Waals surface area contributed by atoms with E-state index in [9.17, 15) is 0 Å². The van der Waals surface area contributed by atoms with Gasteiger partial charge < -0.3 is 13.3 Å². The number of furan rings is 3. The van der Waals surface area contributed by atoms with Crippen LogP contribution in [0.4, 0.5) is 0 Å². The van der Waals surface area contributed by atoms with Gasteiger partial charge in [-0.1, -0.05) is 130 Å². The van der Waals surface area contributed by atoms with Crippen LogP contribution in [0.2, 0.25) is 0 Å². The number of fused-ring (bicyclic) bond motifs is 11. The Morgan fingerprint density at radius 3 is 1.41 bits per heavy atom. The van der Waals surface area contributed by atoms with E-state index in [1.54, 1.807) is 0 Å². The smallest absolute Gasteiger partial charge is 0.136 e. The van der Waals surface area contributed by atoms with Crippen molar-refractivity contribution in [2.75, 3.05) is 0 Å². The molecule has 3 heterocycles. The maximum Gasteiger partial charge on any atom is 0.136 e. The van der Waals surface area contributed by atoms with Crippen molar-refractivity contribution in [3.8, 4) is 33.4 Å². The van der Waals surface area contributed by atoms with E-state index in [1.165, 1.54) is 44.5 Å². The molecule has 0 radical (unpaired) electrons. The molecule has 61 heavy (non-hydrogen) atoms. The predicted octanol–water partition coefficient (Wildman–Crippen LogP) is 16.7. The number of benzene rings is 8. The molecule has 3 aromatic heterocycles. The Morgan fingerprint density at radius 2 is 0.885 bits per heavy atom. The molecule has 0 aliphatic heterocycles. The summed E-state index contributed by atoms with van der Waals surface area (Å²) in [6.07, 6.45) is 4.32. The van der Waals surface area contributed by atoms with Gasteiger partial charge in [0.25, 0.3) is 0 Å². The van der Waals surface area contributed by atoms with Crippen LogP contribution >= 0.6 is 0 Å². The zero-order chi connectivity index (χ0) is 41.0. The van der Waals surface area contributed by atoms with Gasteiger partial charge in [-0.05, 0) is 140 Å². The van der Waals surface area contributed by atoms with Gasteiger partial charge in [-0.25, -0.2) is 0 Å². The van der Waals surface area contributed by atoms with Crippen LogP contribution in [0.1, 0.15) is 37.5 Å². The third-order valence-electron chi connectivity index (χ3n) is 13.1. The monoisotopic (exact) mass is 784 g/mol. The van der Waals surface area contributed by atoms with Crippen molar-refractivity contribution >= 4 is 77.0 Å². The van der Waals surface area contributed by atoms with E-state index in [2.05, 4.69) is 197 Å². The van der Waals surface area contributed by atoms with Gasteiger partial charge in [0.15, 0.2) is 0 Å². The third kappa shape index (κ3) is 5.44. The summed E-state index contributed by atoms with van der Waals surface area (Å²) >= 11 is 0. The minimum Gasteiger partial charge on any atom is -0.456 e. The summed E-state index contributed by atoms with van der Waals surface area (Å²) in [6, 6.07) is 58.0. The van der Waals surface area contributed by atoms with Crippen LogP contribution < -0.4 is 0 Å². The fourth-order valence-electron chi connectivity index (χ4n) is 9.95. The molecule has 0 saturated carbocycles. The second-order valence-corrected chi connectivity index (χ2v) is 16.9. The average Bonchev–Trinajstić information content (AvgIpc) is 4.03. The van der Waals surface area contributed by atoms with Crippen molar-refractivity contribution < 1.29 is 13.3 Å². The molecule has 0 spiro atoms. The average molecular weight is 785 g/mol. The summed E-state index contributed by atoms with van der Waals surface area (Å²) in [5.74, 6) is 0. The number of rotatable bonds is 6. The van der Waals surface area contributed by atoms with Crippen molar-refractivity contribution in [3.05, 3.63) is 205 Å². The summed E-state index contributed by atoms with van der Waals surface area (Å²) in [4.78, 5) is 0. The molecule has 0 atom stereocenters. The highest BCUT2D eigenvalue weighted by atomic mass is 16.3. The van der Waals surface area contributed by atoms with E-state index in [0.717, 1.165) is 88.1 Å². The number of hydrogen-bond acceptors (Lipinski definition) is 3. The van der Waals surface area contributed by atoms with Gasteiger partial charge in [-0.2, -0.15) is 0 Å². The molecular formula is C58H40O3. The SMILES string of the molecule is C=C/C(=C\C1=C(C)c2c(ccc3oc4ccc(-c5ccc6oc7ccc(-c8ccccc8)cc7c6c5)cc4c23)C1(C)C)c1ccc2oc3ccc(-c4ccccc4)cc3c2c1. The van der Waals surface area contributed by atoms with Crippen LogP contribution in [0.25, 0.3) is 110 Å². The molecular weight excluding hydrogens is 745 g/mol. The summed E-state index contributed by atoms with van der Waals surface area (Å²) in [5.41, 5.74) is 19.3. The van der Waals surface area contributed by atoms with Gasteiger partial charge in [0, 0.05) is 37.7 Å². The lowest BCUT2D eigenvalue weighted by molar-refractivity contribution is 0.651.